The van der Waals surface area contributed by atoms with E-state index in [1.54, 1.807) is 0 Å². The number of hydrogen-bond donors (Lipinski definition) is 0. The average Bonchev–Trinajstić information content (AvgIpc) is 2.63. The number of benzene rings is 1. The van der Waals surface area contributed by atoms with Crippen LogP contribution < -0.4 is 4.74 Å². The van der Waals surface area contributed by atoms with Crippen molar-refractivity contribution in [3.63, 3.8) is 0 Å². The Morgan fingerprint density at radius 3 is 2.47 bits per heavy atom. The predicted octanol–water partition coefficient (Wildman–Crippen LogP) is 4.33. The first-order valence-corrected chi connectivity index (χ1v) is 6.34. The summed E-state index contributed by atoms with van der Waals surface area (Å²) in [5.74, 6) is 0.801. The van der Waals surface area contributed by atoms with Gasteiger partial charge in [-0.2, -0.15) is 4.98 Å². The fraction of sp³-hybridized carbons (Fsp3) is 0.308. The molecule has 0 fully saturated rings. The highest BCUT2D eigenvalue weighted by atomic mass is 79.9. The maximum atomic E-state index is 5.77. The van der Waals surface area contributed by atoms with Gasteiger partial charge >= 0.3 is 6.01 Å². The van der Waals surface area contributed by atoms with Gasteiger partial charge in [0.1, 0.15) is 10.4 Å². The summed E-state index contributed by atoms with van der Waals surface area (Å²) in [4.78, 5) is 4.31. The third-order valence-electron chi connectivity index (χ3n) is 2.46. The highest BCUT2D eigenvalue weighted by Crippen LogP contribution is 2.26. The zero-order chi connectivity index (χ0) is 12.4. The molecule has 2 aromatic rings. The molecule has 0 amide bonds. The standard InChI is InChI=1S/C13H15BrN2O/c1-9(2)16-8-12(14)15-13(16)17-11-6-4-10(3)5-7-11/h4-9H,1-3H3. The van der Waals surface area contributed by atoms with Gasteiger partial charge in [-0.15, -0.1) is 0 Å². The maximum absolute atomic E-state index is 5.77. The molecule has 0 aliphatic rings. The molecule has 90 valence electrons. The molecule has 0 spiro atoms. The van der Waals surface area contributed by atoms with Gasteiger partial charge in [0.05, 0.1) is 0 Å². The lowest BCUT2D eigenvalue weighted by atomic mass is 10.2. The van der Waals surface area contributed by atoms with Crippen molar-refractivity contribution in [2.45, 2.75) is 26.8 Å². The van der Waals surface area contributed by atoms with Crippen LogP contribution in [0.1, 0.15) is 25.5 Å². The summed E-state index contributed by atoms with van der Waals surface area (Å²) < 4.78 is 8.54. The number of halogens is 1. The number of hydrogen-bond acceptors (Lipinski definition) is 2. The molecular formula is C13H15BrN2O. The molecule has 1 heterocycles. The second-order valence-corrected chi connectivity index (χ2v) is 5.07. The predicted molar refractivity (Wildman–Crippen MR) is 71.6 cm³/mol. The minimum atomic E-state index is 0.314. The van der Waals surface area contributed by atoms with E-state index < -0.39 is 0 Å². The second kappa shape index (κ2) is 4.92. The molecule has 0 saturated heterocycles. The van der Waals surface area contributed by atoms with E-state index in [2.05, 4.69) is 41.7 Å². The molecule has 0 bridgehead atoms. The SMILES string of the molecule is Cc1ccc(Oc2nc(Br)cn2C(C)C)cc1. The lowest BCUT2D eigenvalue weighted by Gasteiger charge is -2.11. The van der Waals surface area contributed by atoms with Crippen molar-refractivity contribution in [2.24, 2.45) is 0 Å². The summed E-state index contributed by atoms with van der Waals surface area (Å²) in [6, 6.07) is 8.86. The van der Waals surface area contributed by atoms with Crippen LogP contribution in [0.4, 0.5) is 0 Å². The minimum absolute atomic E-state index is 0.314. The van der Waals surface area contributed by atoms with E-state index >= 15 is 0 Å². The maximum Gasteiger partial charge on any atom is 0.303 e. The van der Waals surface area contributed by atoms with Gasteiger partial charge in [-0.3, -0.25) is 4.57 Å². The summed E-state index contributed by atoms with van der Waals surface area (Å²) in [6.45, 7) is 6.24. The van der Waals surface area contributed by atoms with Gasteiger partial charge in [0, 0.05) is 12.2 Å². The summed E-state index contributed by atoms with van der Waals surface area (Å²) in [6.07, 6.45) is 1.92. The largest absolute Gasteiger partial charge is 0.425 e. The van der Waals surface area contributed by atoms with Gasteiger partial charge in [-0.25, -0.2) is 0 Å². The fourth-order valence-electron chi connectivity index (χ4n) is 1.51. The van der Waals surface area contributed by atoms with Crippen LogP contribution in [0.3, 0.4) is 0 Å². The van der Waals surface area contributed by atoms with E-state index in [9.17, 15) is 0 Å². The Hall–Kier alpha value is -1.29. The summed E-state index contributed by atoms with van der Waals surface area (Å²) in [7, 11) is 0. The minimum Gasteiger partial charge on any atom is -0.425 e. The van der Waals surface area contributed by atoms with Crippen LogP contribution in [0.2, 0.25) is 0 Å². The van der Waals surface area contributed by atoms with Crippen molar-refractivity contribution in [1.82, 2.24) is 9.55 Å². The van der Waals surface area contributed by atoms with Gasteiger partial charge in [-0.1, -0.05) is 17.7 Å². The molecule has 0 aliphatic heterocycles. The van der Waals surface area contributed by atoms with Crippen molar-refractivity contribution >= 4 is 15.9 Å². The van der Waals surface area contributed by atoms with Crippen LogP contribution in [0, 0.1) is 6.92 Å². The molecule has 0 unspecified atom stereocenters. The van der Waals surface area contributed by atoms with E-state index in [0.717, 1.165) is 10.4 Å². The molecule has 0 aliphatic carbocycles. The van der Waals surface area contributed by atoms with Gasteiger partial charge in [0.25, 0.3) is 0 Å². The fourth-order valence-corrected chi connectivity index (χ4v) is 1.88. The Balaban J connectivity index is 2.26. The normalized spacial score (nSPS) is 10.9. The van der Waals surface area contributed by atoms with E-state index in [0.29, 0.717) is 12.1 Å². The van der Waals surface area contributed by atoms with Crippen molar-refractivity contribution < 1.29 is 4.74 Å². The number of imidazole rings is 1. The number of nitrogens with zero attached hydrogens (tertiary/aromatic N) is 2. The zero-order valence-electron chi connectivity index (χ0n) is 10.1. The molecule has 0 radical (unpaired) electrons. The molecule has 4 heteroatoms. The van der Waals surface area contributed by atoms with Gasteiger partial charge < -0.3 is 4.74 Å². The van der Waals surface area contributed by atoms with Crippen molar-refractivity contribution in [3.05, 3.63) is 40.6 Å². The van der Waals surface area contributed by atoms with Crippen LogP contribution in [-0.4, -0.2) is 9.55 Å². The second-order valence-electron chi connectivity index (χ2n) is 4.26. The van der Waals surface area contributed by atoms with E-state index in [1.165, 1.54) is 5.56 Å². The topological polar surface area (TPSA) is 27.1 Å². The van der Waals surface area contributed by atoms with Crippen molar-refractivity contribution in [3.8, 4) is 11.8 Å². The summed E-state index contributed by atoms with van der Waals surface area (Å²) >= 11 is 3.36. The van der Waals surface area contributed by atoms with Crippen molar-refractivity contribution in [2.75, 3.05) is 0 Å². The third-order valence-corrected chi connectivity index (χ3v) is 2.84. The van der Waals surface area contributed by atoms with E-state index in [4.69, 9.17) is 4.74 Å². The quantitative estimate of drug-likeness (QED) is 0.842. The van der Waals surface area contributed by atoms with Gasteiger partial charge in [0.2, 0.25) is 0 Å². The number of aromatic nitrogens is 2. The monoisotopic (exact) mass is 294 g/mol. The molecule has 17 heavy (non-hydrogen) atoms. The van der Waals surface area contributed by atoms with E-state index in [-0.39, 0.29) is 0 Å². The van der Waals surface area contributed by atoms with Crippen LogP contribution in [0.15, 0.2) is 35.1 Å². The molecule has 1 aromatic heterocycles. The average molecular weight is 295 g/mol. The van der Waals surface area contributed by atoms with Crippen molar-refractivity contribution in [1.29, 1.82) is 0 Å². The number of aryl methyl sites for hydroxylation is 1. The van der Waals surface area contributed by atoms with E-state index in [1.807, 2.05) is 35.0 Å². The lowest BCUT2D eigenvalue weighted by Crippen LogP contribution is -2.01. The third kappa shape index (κ3) is 2.88. The molecule has 2 rings (SSSR count). The lowest BCUT2D eigenvalue weighted by molar-refractivity contribution is 0.395. The first-order valence-electron chi connectivity index (χ1n) is 5.55. The first kappa shape index (κ1) is 12.2. The Morgan fingerprint density at radius 2 is 1.88 bits per heavy atom. The zero-order valence-corrected chi connectivity index (χ0v) is 11.7. The molecular weight excluding hydrogens is 280 g/mol. The molecule has 0 saturated carbocycles. The van der Waals surface area contributed by atoms with Gasteiger partial charge in [0.15, 0.2) is 0 Å². The first-order chi connectivity index (χ1) is 8.06. The molecule has 0 N–H and O–H groups in total. The summed E-state index contributed by atoms with van der Waals surface area (Å²) in [5.41, 5.74) is 1.21. The number of ether oxygens (including phenoxy) is 1. The summed E-state index contributed by atoms with van der Waals surface area (Å²) in [5, 5.41) is 0. The molecule has 1 aromatic carbocycles. The highest BCUT2D eigenvalue weighted by Gasteiger charge is 2.11. The van der Waals surface area contributed by atoms with Crippen LogP contribution in [-0.2, 0) is 0 Å². The van der Waals surface area contributed by atoms with Gasteiger partial charge in [-0.05, 0) is 48.8 Å². The Bertz CT molecular complexity index is 503. The van der Waals surface area contributed by atoms with Crippen LogP contribution in [0.5, 0.6) is 11.8 Å². The Morgan fingerprint density at radius 1 is 1.24 bits per heavy atom. The molecule has 0 atom stereocenters. The molecule has 3 nitrogen and oxygen atoms in total. The van der Waals surface area contributed by atoms with Crippen LogP contribution >= 0.6 is 15.9 Å². The number of rotatable bonds is 3. The smallest absolute Gasteiger partial charge is 0.303 e. The Kier molecular flexibility index (Phi) is 3.52. The highest BCUT2D eigenvalue weighted by molar-refractivity contribution is 9.10. The Labute approximate surface area is 110 Å². The van der Waals surface area contributed by atoms with Crippen LogP contribution in [0.25, 0.3) is 0 Å².